The number of para-hydroxylation sites is 1. The summed E-state index contributed by atoms with van der Waals surface area (Å²) in [7, 11) is 10.2. The number of aromatic nitrogens is 1. The molecule has 1 aliphatic rings. The zero-order valence-corrected chi connectivity index (χ0v) is 51.0. The van der Waals surface area contributed by atoms with Crippen molar-refractivity contribution in [3.05, 3.63) is 71.9 Å². The topological polar surface area (TPSA) is 222 Å². The van der Waals surface area contributed by atoms with Gasteiger partial charge < -0.3 is 54.2 Å². The number of hydrazine groups is 1. The summed E-state index contributed by atoms with van der Waals surface area (Å²) in [5.41, 5.74) is 6.24. The number of carbonyl (C=O) groups is 7. The quantitative estimate of drug-likeness (QED) is 0.0446. The van der Waals surface area contributed by atoms with Gasteiger partial charge in [0.05, 0.1) is 82.1 Å². The van der Waals surface area contributed by atoms with E-state index < -0.39 is 54.2 Å². The first-order valence-corrected chi connectivity index (χ1v) is 29.0. The highest BCUT2D eigenvalue weighted by molar-refractivity contribution is 5.93. The Kier molecular flexibility index (Phi) is 28.4. The monoisotopic (exact) mass is 1130 g/mol. The van der Waals surface area contributed by atoms with Crippen molar-refractivity contribution in [3.63, 3.8) is 0 Å². The lowest BCUT2D eigenvalue weighted by Gasteiger charge is -2.41. The molecule has 0 radical (unpaired) electrons. The average molecular weight is 1130 g/mol. The molecule has 0 saturated carbocycles. The number of rotatable bonds is 36. The fourth-order valence-corrected chi connectivity index (χ4v) is 11.0. The van der Waals surface area contributed by atoms with Crippen LogP contribution < -0.4 is 21.4 Å². The van der Waals surface area contributed by atoms with Gasteiger partial charge in [0, 0.05) is 72.6 Å². The molecule has 1 fully saturated rings. The van der Waals surface area contributed by atoms with E-state index in [9.17, 15) is 33.6 Å². The van der Waals surface area contributed by atoms with Crippen molar-refractivity contribution in [3.8, 4) is 0 Å². The molecule has 0 spiro atoms. The molecular formula is C61H97N9O11. The van der Waals surface area contributed by atoms with Crippen molar-refractivity contribution in [2.45, 2.75) is 156 Å². The molecule has 2 unspecified atom stereocenters. The molecule has 6 amide bonds. The molecule has 1 aliphatic heterocycles. The number of ketones is 1. The summed E-state index contributed by atoms with van der Waals surface area (Å²) in [5, 5.41) is 12.0. The van der Waals surface area contributed by atoms with Crippen molar-refractivity contribution in [1.29, 1.82) is 0 Å². The van der Waals surface area contributed by atoms with E-state index in [1.807, 2.05) is 103 Å². The van der Waals surface area contributed by atoms with Gasteiger partial charge in [0.1, 0.15) is 12.1 Å². The molecule has 452 valence electrons. The van der Waals surface area contributed by atoms with Gasteiger partial charge >= 0.3 is 0 Å². The van der Waals surface area contributed by atoms with E-state index in [2.05, 4.69) is 44.1 Å². The average Bonchev–Trinajstić information content (AvgIpc) is 4.10. The number of methoxy groups -OCH3 is 2. The third-order valence-corrected chi connectivity index (χ3v) is 15.9. The Morgan fingerprint density at radius 1 is 0.778 bits per heavy atom. The first-order chi connectivity index (χ1) is 38.6. The van der Waals surface area contributed by atoms with Gasteiger partial charge in [0.25, 0.3) is 0 Å². The van der Waals surface area contributed by atoms with Gasteiger partial charge in [-0.05, 0) is 74.1 Å². The predicted octanol–water partition coefficient (Wildman–Crippen LogP) is 5.00. The Labute approximate surface area is 482 Å². The number of likely N-dealkylation sites (tertiary alicyclic amines) is 1. The fraction of sp³-hybridized carbons (Fsp3) is 0.656. The maximum Gasteiger partial charge on any atom is 0.245 e. The smallest absolute Gasteiger partial charge is 0.245 e. The Morgan fingerprint density at radius 3 is 2.06 bits per heavy atom. The fourth-order valence-electron chi connectivity index (χ4n) is 11.0. The standard InChI is InChI=1S/C61H97N9O11/c1-15-42(6)57(51(78-13)38-54(74)70-30-21-26-50(70)58(79-14)43(7)59(75)64-48(44(8)71)36-45-22-17-16-18-23-45)68(12)61(77)55(40(2)3)65-60(76)56(41(4)5)67(11)53(73)28-32-80-34-35-81-33-29-63-52(72)27-31-69-47(39-66(10)62-9)37-46-24-19-20-25-49(46)69/h16-20,22-25,37,40-43,48,50-51,55-58,62H,15,21,26-36,38-39H2,1-14H3,(H,63,72)(H,64,75)(H,65,76)/t42-,43+,48-,50-,51+,55?,56?,57-,58+/m0/s1. The minimum atomic E-state index is -0.966. The van der Waals surface area contributed by atoms with Crippen LogP contribution in [0.25, 0.3) is 10.9 Å². The summed E-state index contributed by atoms with van der Waals surface area (Å²) in [5.74, 6) is -3.36. The van der Waals surface area contributed by atoms with Crippen LogP contribution in [-0.2, 0) is 72.0 Å². The molecule has 1 saturated heterocycles. The highest BCUT2D eigenvalue weighted by Crippen LogP contribution is 2.30. The van der Waals surface area contributed by atoms with Crippen LogP contribution in [0.4, 0.5) is 0 Å². The van der Waals surface area contributed by atoms with E-state index >= 15 is 0 Å². The van der Waals surface area contributed by atoms with Crippen LogP contribution in [0.3, 0.4) is 0 Å². The summed E-state index contributed by atoms with van der Waals surface area (Å²) in [4.78, 5) is 101. The molecule has 3 aromatic rings. The number of Topliss-reactive ketones (excluding diaryl/α,β-unsaturated/α-hetero) is 1. The van der Waals surface area contributed by atoms with Gasteiger partial charge in [0.2, 0.25) is 35.4 Å². The number of carbonyl (C=O) groups excluding carboxylic acids is 7. The van der Waals surface area contributed by atoms with Gasteiger partial charge in [-0.15, -0.1) is 0 Å². The number of likely N-dealkylation sites (N-methyl/N-ethyl adjacent to an activating group) is 2. The third kappa shape index (κ3) is 19.7. The van der Waals surface area contributed by atoms with Crippen molar-refractivity contribution in [2.75, 3.05) is 81.9 Å². The van der Waals surface area contributed by atoms with Crippen LogP contribution >= 0.6 is 0 Å². The van der Waals surface area contributed by atoms with Gasteiger partial charge in [-0.2, -0.15) is 0 Å². The summed E-state index contributed by atoms with van der Waals surface area (Å²) in [6.45, 7) is 17.5. The third-order valence-electron chi connectivity index (χ3n) is 15.9. The van der Waals surface area contributed by atoms with E-state index in [1.54, 1.807) is 30.8 Å². The molecule has 4 N–H and O–H groups in total. The highest BCUT2D eigenvalue weighted by Gasteiger charge is 2.44. The number of fused-ring (bicyclic) bond motifs is 1. The zero-order valence-electron chi connectivity index (χ0n) is 51.0. The molecule has 0 bridgehead atoms. The van der Waals surface area contributed by atoms with Crippen molar-refractivity contribution in [1.82, 2.24) is 45.7 Å². The molecule has 2 aromatic carbocycles. The summed E-state index contributed by atoms with van der Waals surface area (Å²) in [6, 6.07) is 16.2. The first kappa shape index (κ1) is 67.7. The lowest BCUT2D eigenvalue weighted by atomic mass is 9.89. The second-order valence-electron chi connectivity index (χ2n) is 22.4. The van der Waals surface area contributed by atoms with Crippen LogP contribution in [0.1, 0.15) is 105 Å². The molecule has 81 heavy (non-hydrogen) atoms. The molecule has 2 heterocycles. The maximum atomic E-state index is 14.7. The zero-order chi connectivity index (χ0) is 59.9. The summed E-state index contributed by atoms with van der Waals surface area (Å²) in [6.07, 6.45) is 1.23. The first-order valence-electron chi connectivity index (χ1n) is 29.0. The predicted molar refractivity (Wildman–Crippen MR) is 313 cm³/mol. The normalized spacial score (nSPS) is 16.6. The molecule has 1 aromatic heterocycles. The van der Waals surface area contributed by atoms with Crippen molar-refractivity contribution >= 4 is 52.1 Å². The van der Waals surface area contributed by atoms with Gasteiger partial charge in [-0.25, -0.2) is 5.01 Å². The number of nitrogens with zero attached hydrogens (tertiary/aromatic N) is 5. The lowest BCUT2D eigenvalue weighted by molar-refractivity contribution is -0.148. The van der Waals surface area contributed by atoms with Crippen LogP contribution in [0.15, 0.2) is 60.7 Å². The van der Waals surface area contributed by atoms with E-state index in [0.29, 0.717) is 64.9 Å². The van der Waals surface area contributed by atoms with Gasteiger partial charge in [-0.3, -0.25) is 39.0 Å². The SMILES string of the molecule is CC[C@H](C)[C@@H]([C@@H](CC(=O)N1CCC[C@H]1[C@H](OC)[C@@H](C)C(=O)N[C@@H](Cc1ccccc1)C(C)=O)OC)N(C)C(=O)C(NC(=O)C(C(C)C)N(C)C(=O)CCOCCOCCNC(=O)CCn1c(CN(C)NC)cc2ccccc21)C(C)C. The van der Waals surface area contributed by atoms with Crippen molar-refractivity contribution < 1.29 is 52.5 Å². The van der Waals surface area contributed by atoms with Crippen molar-refractivity contribution in [2.24, 2.45) is 23.7 Å². The minimum Gasteiger partial charge on any atom is -0.379 e. The van der Waals surface area contributed by atoms with Crippen LogP contribution in [-0.4, -0.2) is 190 Å². The number of benzene rings is 2. The number of amides is 6. The number of hydrogen-bond donors (Lipinski definition) is 4. The van der Waals surface area contributed by atoms with E-state index in [1.165, 1.54) is 26.0 Å². The van der Waals surface area contributed by atoms with Crippen LogP contribution in [0.2, 0.25) is 0 Å². The second kappa shape index (κ2) is 34.0. The number of hydrogen-bond acceptors (Lipinski definition) is 13. The van der Waals surface area contributed by atoms with Gasteiger partial charge in [-0.1, -0.05) is 103 Å². The van der Waals surface area contributed by atoms with Gasteiger partial charge in [0.15, 0.2) is 5.78 Å². The lowest BCUT2D eigenvalue weighted by Crippen LogP contribution is -2.60. The molecule has 4 rings (SSSR count). The summed E-state index contributed by atoms with van der Waals surface area (Å²) >= 11 is 0. The highest BCUT2D eigenvalue weighted by atomic mass is 16.5. The molecule has 20 nitrogen and oxygen atoms in total. The number of ether oxygens (including phenoxy) is 4. The van der Waals surface area contributed by atoms with Crippen LogP contribution in [0.5, 0.6) is 0 Å². The molecule has 9 atom stereocenters. The Bertz CT molecular complexity index is 2470. The van der Waals surface area contributed by atoms with Crippen LogP contribution in [0, 0.1) is 23.7 Å². The Morgan fingerprint density at radius 2 is 1.44 bits per heavy atom. The Balaban J connectivity index is 1.28. The summed E-state index contributed by atoms with van der Waals surface area (Å²) < 4.78 is 25.6. The van der Waals surface area contributed by atoms with E-state index in [-0.39, 0.29) is 85.7 Å². The largest absolute Gasteiger partial charge is 0.379 e. The minimum absolute atomic E-state index is 0.0189. The molecular weight excluding hydrogens is 1030 g/mol. The van der Waals surface area contributed by atoms with E-state index in [4.69, 9.17) is 18.9 Å². The second-order valence-corrected chi connectivity index (χ2v) is 22.4. The molecule has 0 aliphatic carbocycles. The molecule has 20 heteroatoms. The number of aryl methyl sites for hydroxylation is 1. The van der Waals surface area contributed by atoms with E-state index in [0.717, 1.165) is 22.2 Å². The number of nitrogens with one attached hydrogen (secondary N) is 4. The maximum absolute atomic E-state index is 14.7. The Hall–Kier alpha value is -5.77.